The molecule has 0 bridgehead atoms. The van der Waals surface area contributed by atoms with Crippen LogP contribution in [-0.2, 0) is 17.6 Å². The SMILES string of the molecule is CC1CCCN(C(=O)Cc2csc(CCCN)n2)C1. The monoisotopic (exact) mass is 281 g/mol. The van der Waals surface area contributed by atoms with Gasteiger partial charge in [0.2, 0.25) is 5.91 Å². The van der Waals surface area contributed by atoms with Crippen molar-refractivity contribution in [3.63, 3.8) is 0 Å². The lowest BCUT2D eigenvalue weighted by atomic mass is 10.00. The molecule has 2 rings (SSSR count). The van der Waals surface area contributed by atoms with Gasteiger partial charge in [-0.3, -0.25) is 4.79 Å². The summed E-state index contributed by atoms with van der Waals surface area (Å²) >= 11 is 1.64. The van der Waals surface area contributed by atoms with Crippen LogP contribution in [0.25, 0.3) is 0 Å². The molecule has 1 aliphatic rings. The smallest absolute Gasteiger partial charge is 0.228 e. The van der Waals surface area contributed by atoms with Gasteiger partial charge in [-0.25, -0.2) is 4.98 Å². The number of thiazole rings is 1. The molecule has 2 heterocycles. The normalized spacial score (nSPS) is 19.7. The molecule has 1 unspecified atom stereocenters. The summed E-state index contributed by atoms with van der Waals surface area (Å²) in [5.74, 6) is 0.857. The average Bonchev–Trinajstić information content (AvgIpc) is 2.84. The molecule has 0 aliphatic carbocycles. The van der Waals surface area contributed by atoms with E-state index < -0.39 is 0 Å². The van der Waals surface area contributed by atoms with Crippen molar-refractivity contribution in [1.82, 2.24) is 9.88 Å². The summed E-state index contributed by atoms with van der Waals surface area (Å²) in [4.78, 5) is 18.7. The van der Waals surface area contributed by atoms with Crippen LogP contribution in [0.5, 0.6) is 0 Å². The van der Waals surface area contributed by atoms with Gasteiger partial charge in [0, 0.05) is 24.9 Å². The van der Waals surface area contributed by atoms with Crippen molar-refractivity contribution in [2.75, 3.05) is 19.6 Å². The third-order valence-corrected chi connectivity index (χ3v) is 4.49. The third-order valence-electron chi connectivity index (χ3n) is 3.54. The first-order chi connectivity index (χ1) is 9.19. The highest BCUT2D eigenvalue weighted by Gasteiger charge is 2.21. The second kappa shape index (κ2) is 7.01. The van der Waals surface area contributed by atoms with Gasteiger partial charge in [-0.2, -0.15) is 0 Å². The maximum Gasteiger partial charge on any atom is 0.228 e. The summed E-state index contributed by atoms with van der Waals surface area (Å²) in [5, 5.41) is 3.11. The number of rotatable bonds is 5. The van der Waals surface area contributed by atoms with Crippen LogP contribution < -0.4 is 5.73 Å². The Bertz CT molecular complexity index is 419. The summed E-state index contributed by atoms with van der Waals surface area (Å²) in [6.45, 7) is 4.73. The molecule has 0 spiro atoms. The summed E-state index contributed by atoms with van der Waals surface area (Å²) in [5.41, 5.74) is 6.41. The molecule has 0 radical (unpaired) electrons. The van der Waals surface area contributed by atoms with Gasteiger partial charge < -0.3 is 10.6 Å². The maximum absolute atomic E-state index is 12.2. The Labute approximate surface area is 119 Å². The Morgan fingerprint density at radius 2 is 2.47 bits per heavy atom. The van der Waals surface area contributed by atoms with E-state index in [1.807, 2.05) is 10.3 Å². The number of carbonyl (C=O) groups excluding carboxylic acids is 1. The molecule has 1 saturated heterocycles. The van der Waals surface area contributed by atoms with E-state index in [0.717, 1.165) is 43.1 Å². The van der Waals surface area contributed by atoms with Crippen molar-refractivity contribution in [3.05, 3.63) is 16.1 Å². The van der Waals surface area contributed by atoms with E-state index in [2.05, 4.69) is 11.9 Å². The molecule has 1 aliphatic heterocycles. The third kappa shape index (κ3) is 4.28. The molecule has 19 heavy (non-hydrogen) atoms. The Balaban J connectivity index is 1.86. The number of aromatic nitrogens is 1. The number of piperidine rings is 1. The number of aryl methyl sites for hydroxylation is 1. The molecular weight excluding hydrogens is 258 g/mol. The van der Waals surface area contributed by atoms with Gasteiger partial charge >= 0.3 is 0 Å². The minimum Gasteiger partial charge on any atom is -0.342 e. The van der Waals surface area contributed by atoms with Crippen molar-refractivity contribution in [2.45, 2.75) is 39.0 Å². The minimum atomic E-state index is 0.224. The molecule has 1 aromatic heterocycles. The van der Waals surface area contributed by atoms with Gasteiger partial charge in [-0.05, 0) is 31.7 Å². The molecule has 1 fully saturated rings. The quantitative estimate of drug-likeness (QED) is 0.896. The fourth-order valence-corrected chi connectivity index (χ4v) is 3.32. The number of hydrogen-bond donors (Lipinski definition) is 1. The zero-order valence-corrected chi connectivity index (χ0v) is 12.4. The molecule has 0 aromatic carbocycles. The molecule has 106 valence electrons. The highest BCUT2D eigenvalue weighted by atomic mass is 32.1. The maximum atomic E-state index is 12.2. The summed E-state index contributed by atoms with van der Waals surface area (Å²) in [6.07, 6.45) is 4.71. The van der Waals surface area contributed by atoms with E-state index >= 15 is 0 Å². The lowest BCUT2D eigenvalue weighted by Gasteiger charge is -2.30. The predicted octanol–water partition coefficient (Wildman–Crippen LogP) is 1.84. The first kappa shape index (κ1) is 14.5. The molecule has 5 heteroatoms. The fourth-order valence-electron chi connectivity index (χ4n) is 2.48. The van der Waals surface area contributed by atoms with Gasteiger partial charge in [0.15, 0.2) is 0 Å². The van der Waals surface area contributed by atoms with Gasteiger partial charge in [-0.15, -0.1) is 11.3 Å². The van der Waals surface area contributed by atoms with Crippen molar-refractivity contribution < 1.29 is 4.79 Å². The first-order valence-electron chi connectivity index (χ1n) is 7.10. The molecule has 1 atom stereocenters. The number of likely N-dealkylation sites (tertiary alicyclic amines) is 1. The standard InChI is InChI=1S/C14H23N3OS/c1-11-4-3-7-17(9-11)14(18)8-12-10-19-13(16-12)5-2-6-15/h10-11H,2-9,15H2,1H3. The van der Waals surface area contributed by atoms with Gasteiger partial charge in [-0.1, -0.05) is 6.92 Å². The highest BCUT2D eigenvalue weighted by Crippen LogP contribution is 2.17. The number of hydrogen-bond acceptors (Lipinski definition) is 4. The molecule has 4 nitrogen and oxygen atoms in total. The Morgan fingerprint density at radius 1 is 1.63 bits per heavy atom. The highest BCUT2D eigenvalue weighted by molar-refractivity contribution is 7.09. The van der Waals surface area contributed by atoms with Crippen molar-refractivity contribution >= 4 is 17.2 Å². The van der Waals surface area contributed by atoms with Crippen LogP contribution in [0.4, 0.5) is 0 Å². The molecule has 1 aromatic rings. The Morgan fingerprint density at radius 3 is 3.21 bits per heavy atom. The summed E-state index contributed by atoms with van der Waals surface area (Å²) in [6, 6.07) is 0. The number of nitrogens with zero attached hydrogens (tertiary/aromatic N) is 2. The lowest BCUT2D eigenvalue weighted by Crippen LogP contribution is -2.39. The van der Waals surface area contributed by atoms with Crippen LogP contribution in [-0.4, -0.2) is 35.4 Å². The lowest BCUT2D eigenvalue weighted by molar-refractivity contribution is -0.132. The fraction of sp³-hybridized carbons (Fsp3) is 0.714. The van der Waals surface area contributed by atoms with Crippen LogP contribution in [0, 0.1) is 5.92 Å². The predicted molar refractivity (Wildman–Crippen MR) is 78.2 cm³/mol. The zero-order chi connectivity index (χ0) is 13.7. The van der Waals surface area contributed by atoms with E-state index in [1.165, 1.54) is 6.42 Å². The second-order valence-corrected chi connectivity index (χ2v) is 6.33. The summed E-state index contributed by atoms with van der Waals surface area (Å²) < 4.78 is 0. The van der Waals surface area contributed by atoms with Crippen LogP contribution in [0.1, 0.15) is 36.9 Å². The van der Waals surface area contributed by atoms with E-state index in [1.54, 1.807) is 11.3 Å². The van der Waals surface area contributed by atoms with E-state index in [4.69, 9.17) is 5.73 Å². The molecule has 1 amide bonds. The number of nitrogens with two attached hydrogens (primary N) is 1. The van der Waals surface area contributed by atoms with Gasteiger partial charge in [0.25, 0.3) is 0 Å². The van der Waals surface area contributed by atoms with Crippen LogP contribution in [0.2, 0.25) is 0 Å². The summed E-state index contributed by atoms with van der Waals surface area (Å²) in [7, 11) is 0. The van der Waals surface area contributed by atoms with Crippen LogP contribution in [0.3, 0.4) is 0 Å². The number of carbonyl (C=O) groups is 1. The van der Waals surface area contributed by atoms with Crippen LogP contribution >= 0.6 is 11.3 Å². The van der Waals surface area contributed by atoms with Gasteiger partial charge in [0.05, 0.1) is 17.1 Å². The average molecular weight is 281 g/mol. The van der Waals surface area contributed by atoms with Gasteiger partial charge in [0.1, 0.15) is 0 Å². The van der Waals surface area contributed by atoms with Crippen molar-refractivity contribution in [3.8, 4) is 0 Å². The largest absolute Gasteiger partial charge is 0.342 e. The van der Waals surface area contributed by atoms with Crippen LogP contribution in [0.15, 0.2) is 5.38 Å². The van der Waals surface area contributed by atoms with E-state index in [9.17, 15) is 4.79 Å². The molecule has 0 saturated carbocycles. The van der Waals surface area contributed by atoms with E-state index in [-0.39, 0.29) is 5.91 Å². The topological polar surface area (TPSA) is 59.2 Å². The Hall–Kier alpha value is -0.940. The first-order valence-corrected chi connectivity index (χ1v) is 7.98. The molecular formula is C14H23N3OS. The second-order valence-electron chi connectivity index (χ2n) is 5.39. The van der Waals surface area contributed by atoms with Crippen molar-refractivity contribution in [1.29, 1.82) is 0 Å². The minimum absolute atomic E-state index is 0.224. The van der Waals surface area contributed by atoms with Crippen molar-refractivity contribution in [2.24, 2.45) is 11.7 Å². The Kier molecular flexibility index (Phi) is 5.34. The van der Waals surface area contributed by atoms with E-state index in [0.29, 0.717) is 18.9 Å². The number of amides is 1. The molecule has 2 N–H and O–H groups in total. The zero-order valence-electron chi connectivity index (χ0n) is 11.6.